The van der Waals surface area contributed by atoms with Gasteiger partial charge in [-0.25, -0.2) is 4.79 Å². The lowest BCUT2D eigenvalue weighted by atomic mass is 9.55. The molecular formula is C48H70N2O8S. The fourth-order valence-electron chi connectivity index (χ4n) is 8.74. The summed E-state index contributed by atoms with van der Waals surface area (Å²) in [6.07, 6.45) is 9.53. The highest BCUT2D eigenvalue weighted by atomic mass is 32.2. The van der Waals surface area contributed by atoms with Crippen molar-refractivity contribution in [3.05, 3.63) is 78.4 Å². The Labute approximate surface area is 357 Å². The Morgan fingerprint density at radius 3 is 2.42 bits per heavy atom. The minimum Gasteiger partial charge on any atom is -0.493 e. The molecule has 11 heteroatoms. The lowest BCUT2D eigenvalue weighted by Crippen LogP contribution is -2.70. The summed E-state index contributed by atoms with van der Waals surface area (Å²) in [4.78, 5) is 23.7. The van der Waals surface area contributed by atoms with Gasteiger partial charge in [0, 0.05) is 48.3 Å². The van der Waals surface area contributed by atoms with E-state index in [1.807, 2.05) is 71.9 Å². The van der Waals surface area contributed by atoms with Gasteiger partial charge in [0.2, 0.25) is 5.79 Å². The molecule has 1 amide bonds. The molecule has 6 atom stereocenters. The van der Waals surface area contributed by atoms with Crippen LogP contribution >= 0.6 is 11.8 Å². The van der Waals surface area contributed by atoms with E-state index < -0.39 is 29.4 Å². The summed E-state index contributed by atoms with van der Waals surface area (Å²) in [5.41, 5.74) is 2.00. The highest BCUT2D eigenvalue weighted by Gasteiger charge is 2.65. The quantitative estimate of drug-likeness (QED) is 0.0548. The van der Waals surface area contributed by atoms with Gasteiger partial charge in [-0.15, -0.1) is 18.3 Å². The Bertz CT molecular complexity index is 1720. The molecule has 1 aliphatic heterocycles. The van der Waals surface area contributed by atoms with E-state index in [0.717, 1.165) is 54.0 Å². The van der Waals surface area contributed by atoms with Crippen molar-refractivity contribution in [2.24, 2.45) is 28.3 Å². The van der Waals surface area contributed by atoms with Gasteiger partial charge in [0.25, 0.3) is 0 Å². The van der Waals surface area contributed by atoms with Crippen LogP contribution in [0.25, 0.3) is 0 Å². The standard InChI is InChI=1S/C48H70N2O8S/c1-9-24-50(45(53)55-33-46(3,4)5)42-32-40(49-58-47(6,7)8)38-30-34(18-14-16-25-51)37(21-15-17-26-52)43-39-31-35(54-28-29-59-36-19-12-11-13-20-36)22-23-41(39)57-48(42,44(38)43)56-27-10-2/h10-13,19-20,22-23,30-31,34,37,42-44,51-52H,2,9,14-18,21,24-29,32-33H2,1,3-8H3. The summed E-state index contributed by atoms with van der Waals surface area (Å²) in [6.45, 7) is 19.8. The van der Waals surface area contributed by atoms with Crippen molar-refractivity contribution >= 4 is 23.6 Å². The minimum absolute atomic E-state index is 0.114. The van der Waals surface area contributed by atoms with Crippen LogP contribution < -0.4 is 9.47 Å². The van der Waals surface area contributed by atoms with Crippen molar-refractivity contribution in [3.8, 4) is 11.5 Å². The number of allylic oxidation sites excluding steroid dienone is 1. The number of aliphatic hydroxyl groups is 2. The first-order chi connectivity index (χ1) is 28.2. The van der Waals surface area contributed by atoms with Crippen molar-refractivity contribution in [2.45, 2.75) is 128 Å². The van der Waals surface area contributed by atoms with Gasteiger partial charge in [-0.05, 0) is 106 Å². The zero-order valence-electron chi connectivity index (χ0n) is 36.6. The second-order valence-corrected chi connectivity index (χ2v) is 19.5. The molecule has 5 rings (SSSR count). The fraction of sp³-hybridized carbons (Fsp3) is 0.625. The van der Waals surface area contributed by atoms with E-state index in [0.29, 0.717) is 44.6 Å². The van der Waals surface area contributed by atoms with Crippen LogP contribution in [0.4, 0.5) is 4.79 Å². The van der Waals surface area contributed by atoms with Crippen LogP contribution in [-0.4, -0.2) is 89.7 Å². The van der Waals surface area contributed by atoms with Crippen molar-refractivity contribution < 1.29 is 38.8 Å². The van der Waals surface area contributed by atoms with E-state index >= 15 is 0 Å². The van der Waals surface area contributed by atoms with E-state index in [4.69, 9.17) is 28.9 Å². The van der Waals surface area contributed by atoms with E-state index in [1.54, 1.807) is 22.7 Å². The number of nitrogens with zero attached hydrogens (tertiary/aromatic N) is 2. The number of unbranched alkanes of at least 4 members (excludes halogenated alkanes) is 2. The van der Waals surface area contributed by atoms with Gasteiger partial charge in [-0.2, -0.15) is 0 Å². The average molecular weight is 835 g/mol. The number of thioether (sulfide) groups is 1. The van der Waals surface area contributed by atoms with Crippen molar-refractivity contribution in [3.63, 3.8) is 0 Å². The molecule has 0 spiro atoms. The molecule has 1 heterocycles. The second kappa shape index (κ2) is 21.3. The molecule has 59 heavy (non-hydrogen) atoms. The van der Waals surface area contributed by atoms with Gasteiger partial charge in [-0.1, -0.05) is 76.0 Å². The van der Waals surface area contributed by atoms with Crippen molar-refractivity contribution in [2.75, 3.05) is 45.3 Å². The minimum atomic E-state index is -1.34. The molecule has 326 valence electrons. The number of amides is 1. The zero-order valence-corrected chi connectivity index (χ0v) is 37.4. The molecule has 2 aliphatic carbocycles. The SMILES string of the molecule is C=CCOC12Oc3ccc(OCCSc4ccccc4)cc3C3C(CCCCO)C(CCCCO)C=C(C(=NOC(C)(C)C)CC1N(CCC)C(=O)OCC(C)(C)C)C32. The second-order valence-electron chi connectivity index (χ2n) is 18.3. The molecule has 0 radical (unpaired) electrons. The number of ether oxygens (including phenoxy) is 4. The van der Waals surface area contributed by atoms with Gasteiger partial charge < -0.3 is 34.0 Å². The zero-order chi connectivity index (χ0) is 42.6. The third-order valence-electron chi connectivity index (χ3n) is 11.1. The Morgan fingerprint density at radius 2 is 1.76 bits per heavy atom. The predicted octanol–water partition coefficient (Wildman–Crippen LogP) is 10.2. The number of hydrogen-bond donors (Lipinski definition) is 2. The third-order valence-corrected chi connectivity index (χ3v) is 12.1. The van der Waals surface area contributed by atoms with Gasteiger partial charge >= 0.3 is 6.09 Å². The molecule has 3 aliphatic rings. The first-order valence-electron chi connectivity index (χ1n) is 21.8. The number of oxime groups is 1. The van der Waals surface area contributed by atoms with E-state index in [9.17, 15) is 15.0 Å². The number of aliphatic hydroxyl groups excluding tert-OH is 2. The van der Waals surface area contributed by atoms with Gasteiger partial charge in [0.05, 0.1) is 31.5 Å². The van der Waals surface area contributed by atoms with Gasteiger partial charge in [0.15, 0.2) is 0 Å². The average Bonchev–Trinajstić information content (AvgIpc) is 3.20. The highest BCUT2D eigenvalue weighted by molar-refractivity contribution is 7.99. The summed E-state index contributed by atoms with van der Waals surface area (Å²) in [5, 5.41) is 24.8. The Morgan fingerprint density at radius 1 is 1.03 bits per heavy atom. The lowest BCUT2D eigenvalue weighted by Gasteiger charge is -2.60. The first-order valence-corrected chi connectivity index (χ1v) is 22.7. The maximum Gasteiger partial charge on any atom is 0.410 e. The van der Waals surface area contributed by atoms with Gasteiger partial charge in [-0.3, -0.25) is 4.90 Å². The molecule has 2 aromatic carbocycles. The molecule has 0 aromatic heterocycles. The van der Waals surface area contributed by atoms with Crippen LogP contribution in [0, 0.1) is 23.2 Å². The molecule has 2 N–H and O–H groups in total. The van der Waals surface area contributed by atoms with E-state index in [-0.39, 0.29) is 49.6 Å². The molecule has 1 saturated carbocycles. The number of hydrogen-bond acceptors (Lipinski definition) is 10. The summed E-state index contributed by atoms with van der Waals surface area (Å²) in [7, 11) is 0. The number of benzene rings is 2. The van der Waals surface area contributed by atoms with Crippen LogP contribution in [0.15, 0.2) is 82.9 Å². The van der Waals surface area contributed by atoms with Crippen LogP contribution in [0.1, 0.15) is 111 Å². The van der Waals surface area contributed by atoms with Crippen LogP contribution in [0.5, 0.6) is 11.5 Å². The van der Waals surface area contributed by atoms with Crippen LogP contribution in [0.3, 0.4) is 0 Å². The third kappa shape index (κ3) is 12.1. The summed E-state index contributed by atoms with van der Waals surface area (Å²) in [5.74, 6) is 0.615. The molecule has 1 fully saturated rings. The lowest BCUT2D eigenvalue weighted by molar-refractivity contribution is -0.255. The number of rotatable bonds is 21. The highest BCUT2D eigenvalue weighted by Crippen LogP contribution is 2.62. The molecule has 10 nitrogen and oxygen atoms in total. The molecular weight excluding hydrogens is 765 g/mol. The summed E-state index contributed by atoms with van der Waals surface area (Å²) in [6, 6.07) is 15.8. The van der Waals surface area contributed by atoms with Gasteiger partial charge in [0.1, 0.15) is 23.1 Å². The van der Waals surface area contributed by atoms with Crippen molar-refractivity contribution in [1.29, 1.82) is 0 Å². The Hall–Kier alpha value is -3.51. The predicted molar refractivity (Wildman–Crippen MR) is 236 cm³/mol. The van der Waals surface area contributed by atoms with Crippen molar-refractivity contribution in [1.82, 2.24) is 4.90 Å². The molecule has 2 aromatic rings. The maximum absolute atomic E-state index is 14.4. The van der Waals surface area contributed by atoms with E-state index in [1.165, 1.54) is 4.90 Å². The first kappa shape index (κ1) is 46.6. The van der Waals surface area contributed by atoms with E-state index in [2.05, 4.69) is 37.8 Å². The van der Waals surface area contributed by atoms with Crippen LogP contribution in [-0.2, 0) is 14.3 Å². The maximum atomic E-state index is 14.4. The fourth-order valence-corrected chi connectivity index (χ4v) is 9.49. The number of carbonyl (C=O) groups is 1. The number of carbonyl (C=O) groups excluding carboxylic acids is 1. The Kier molecular flexibility index (Phi) is 16.8. The molecule has 6 unspecified atom stereocenters. The molecule has 0 bridgehead atoms. The smallest absolute Gasteiger partial charge is 0.410 e. The topological polar surface area (TPSA) is 119 Å². The number of fused-ring (bicyclic) bond motifs is 2. The monoisotopic (exact) mass is 834 g/mol. The summed E-state index contributed by atoms with van der Waals surface area (Å²) >= 11 is 1.76. The molecule has 0 saturated heterocycles. The summed E-state index contributed by atoms with van der Waals surface area (Å²) < 4.78 is 27.0. The largest absolute Gasteiger partial charge is 0.493 e. The van der Waals surface area contributed by atoms with Crippen LogP contribution in [0.2, 0.25) is 0 Å². The normalized spacial score (nSPS) is 24.3. The Balaban J connectivity index is 1.70.